The van der Waals surface area contributed by atoms with Crippen LogP contribution < -0.4 is 0 Å². The van der Waals surface area contributed by atoms with Gasteiger partial charge < -0.3 is 0 Å². The molecule has 0 amide bonds. The zero-order valence-electron chi connectivity index (χ0n) is 21.2. The molecular formula is C32H50. The molecule has 1 aromatic carbocycles. The van der Waals surface area contributed by atoms with E-state index in [2.05, 4.69) is 50.3 Å². The summed E-state index contributed by atoms with van der Waals surface area (Å²) in [5, 5.41) is 0. The molecule has 0 saturated heterocycles. The van der Waals surface area contributed by atoms with Crippen molar-refractivity contribution in [3.63, 3.8) is 0 Å². The number of allylic oxidation sites excluding steroid dienone is 2. The maximum Gasteiger partial charge on any atom is 0.00182 e. The largest absolute Gasteiger partial charge is 0.0845 e. The van der Waals surface area contributed by atoms with Crippen molar-refractivity contribution in [1.82, 2.24) is 0 Å². The summed E-state index contributed by atoms with van der Waals surface area (Å²) >= 11 is 0. The van der Waals surface area contributed by atoms with Crippen molar-refractivity contribution in [2.24, 2.45) is 23.7 Å². The first kappa shape index (κ1) is 24.1. The Balaban J connectivity index is 1.23. The normalized spacial score (nSPS) is 33.3. The van der Waals surface area contributed by atoms with Crippen molar-refractivity contribution in [2.75, 3.05) is 0 Å². The second-order valence-electron chi connectivity index (χ2n) is 11.7. The Morgan fingerprint density at radius 2 is 1.25 bits per heavy atom. The molecule has 1 aromatic rings. The van der Waals surface area contributed by atoms with Gasteiger partial charge in [0.1, 0.15) is 0 Å². The van der Waals surface area contributed by atoms with Crippen molar-refractivity contribution in [3.05, 3.63) is 47.5 Å². The van der Waals surface area contributed by atoms with Gasteiger partial charge in [-0.2, -0.15) is 0 Å². The van der Waals surface area contributed by atoms with Gasteiger partial charge in [0.15, 0.2) is 0 Å². The Labute approximate surface area is 199 Å². The fourth-order valence-corrected chi connectivity index (χ4v) is 7.31. The van der Waals surface area contributed by atoms with Crippen LogP contribution in [0, 0.1) is 23.7 Å². The first-order chi connectivity index (χ1) is 15.8. The molecule has 0 heterocycles. The summed E-state index contributed by atoms with van der Waals surface area (Å²) in [6, 6.07) is 9.87. The molecule has 3 aliphatic carbocycles. The topological polar surface area (TPSA) is 0 Å². The number of unbranched alkanes of at least 4 members (excludes halogenated alkanes) is 2. The molecule has 0 heteroatoms. The number of hydrogen-bond acceptors (Lipinski definition) is 0. The van der Waals surface area contributed by atoms with Crippen LogP contribution in [0.1, 0.15) is 140 Å². The predicted molar refractivity (Wildman–Crippen MR) is 140 cm³/mol. The minimum Gasteiger partial charge on any atom is -0.0845 e. The van der Waals surface area contributed by atoms with Crippen LogP contribution in [0.2, 0.25) is 0 Å². The zero-order chi connectivity index (χ0) is 22.2. The lowest BCUT2D eigenvalue weighted by Gasteiger charge is -2.35. The summed E-state index contributed by atoms with van der Waals surface area (Å²) in [6.07, 6.45) is 28.3. The lowest BCUT2D eigenvalue weighted by molar-refractivity contribution is 0.207. The summed E-state index contributed by atoms with van der Waals surface area (Å²) in [6.45, 7) is 4.67. The van der Waals surface area contributed by atoms with Crippen molar-refractivity contribution in [2.45, 2.75) is 128 Å². The van der Waals surface area contributed by atoms with E-state index in [0.717, 1.165) is 29.6 Å². The molecule has 2 unspecified atom stereocenters. The van der Waals surface area contributed by atoms with Gasteiger partial charge in [-0.1, -0.05) is 102 Å². The maximum absolute atomic E-state index is 2.62. The van der Waals surface area contributed by atoms with Gasteiger partial charge in [0.05, 0.1) is 0 Å². The Morgan fingerprint density at radius 1 is 0.594 bits per heavy atom. The Hall–Kier alpha value is -1.04. The highest BCUT2D eigenvalue weighted by Gasteiger charge is 2.28. The Morgan fingerprint density at radius 3 is 1.88 bits per heavy atom. The minimum atomic E-state index is 0.658. The molecule has 0 N–H and O–H groups in total. The van der Waals surface area contributed by atoms with E-state index in [0.29, 0.717) is 5.92 Å². The number of hydrogen-bond donors (Lipinski definition) is 0. The molecule has 0 nitrogen and oxygen atoms in total. The predicted octanol–water partition coefficient (Wildman–Crippen LogP) is 10.2. The van der Waals surface area contributed by atoms with Crippen molar-refractivity contribution in [3.8, 4) is 0 Å². The highest BCUT2D eigenvalue weighted by Crippen LogP contribution is 2.42. The van der Waals surface area contributed by atoms with Gasteiger partial charge in [0.25, 0.3) is 0 Å². The summed E-state index contributed by atoms with van der Waals surface area (Å²) < 4.78 is 0. The van der Waals surface area contributed by atoms with Gasteiger partial charge in [-0.05, 0) is 92.1 Å². The molecule has 4 rings (SSSR count). The van der Waals surface area contributed by atoms with Crippen LogP contribution in [0.25, 0.3) is 0 Å². The van der Waals surface area contributed by atoms with E-state index < -0.39 is 0 Å². The average Bonchev–Trinajstić information content (AvgIpc) is 2.86. The molecule has 2 saturated carbocycles. The second kappa shape index (κ2) is 12.4. The lowest BCUT2D eigenvalue weighted by Crippen LogP contribution is -2.23. The van der Waals surface area contributed by atoms with Crippen LogP contribution in [0.5, 0.6) is 0 Å². The molecule has 178 valence electrons. The number of rotatable bonds is 9. The third-order valence-corrected chi connectivity index (χ3v) is 9.49. The molecule has 0 aliphatic heterocycles. The SMILES string of the molecule is CCCCCC1CCC(C2C=CC(c3ccc(C4CCC(CCC)CC4)cc3)CC2)CC1. The smallest absolute Gasteiger partial charge is 0.00182 e. The summed E-state index contributed by atoms with van der Waals surface area (Å²) in [7, 11) is 0. The van der Waals surface area contributed by atoms with Crippen LogP contribution in [-0.4, -0.2) is 0 Å². The van der Waals surface area contributed by atoms with E-state index in [1.165, 1.54) is 103 Å². The maximum atomic E-state index is 2.62. The molecule has 3 aliphatic rings. The van der Waals surface area contributed by atoms with Gasteiger partial charge in [-0.3, -0.25) is 0 Å². The van der Waals surface area contributed by atoms with Crippen LogP contribution in [0.15, 0.2) is 36.4 Å². The fourth-order valence-electron chi connectivity index (χ4n) is 7.31. The van der Waals surface area contributed by atoms with Crippen LogP contribution in [-0.2, 0) is 0 Å². The third kappa shape index (κ3) is 6.51. The third-order valence-electron chi connectivity index (χ3n) is 9.49. The first-order valence-electron chi connectivity index (χ1n) is 14.5. The van der Waals surface area contributed by atoms with Gasteiger partial charge in [0.2, 0.25) is 0 Å². The summed E-state index contributed by atoms with van der Waals surface area (Å²) in [5.41, 5.74) is 3.17. The molecule has 0 spiro atoms. The highest BCUT2D eigenvalue weighted by atomic mass is 14.3. The molecule has 0 bridgehead atoms. The van der Waals surface area contributed by atoms with Crippen molar-refractivity contribution >= 4 is 0 Å². The molecule has 2 fully saturated rings. The number of benzene rings is 1. The molecule has 2 atom stereocenters. The van der Waals surface area contributed by atoms with E-state index in [-0.39, 0.29) is 0 Å². The monoisotopic (exact) mass is 434 g/mol. The van der Waals surface area contributed by atoms with Crippen molar-refractivity contribution in [1.29, 1.82) is 0 Å². The van der Waals surface area contributed by atoms with E-state index in [4.69, 9.17) is 0 Å². The quantitative estimate of drug-likeness (QED) is 0.268. The highest BCUT2D eigenvalue weighted by molar-refractivity contribution is 5.31. The van der Waals surface area contributed by atoms with Gasteiger partial charge in [0, 0.05) is 5.92 Å². The molecule has 0 radical (unpaired) electrons. The lowest BCUT2D eigenvalue weighted by atomic mass is 9.70. The first-order valence-corrected chi connectivity index (χ1v) is 14.5. The Bertz CT molecular complexity index is 666. The van der Waals surface area contributed by atoms with Gasteiger partial charge in [-0.25, -0.2) is 0 Å². The van der Waals surface area contributed by atoms with E-state index in [1.54, 1.807) is 11.1 Å². The summed E-state index contributed by atoms with van der Waals surface area (Å²) in [4.78, 5) is 0. The molecule has 0 aromatic heterocycles. The van der Waals surface area contributed by atoms with Crippen LogP contribution in [0.3, 0.4) is 0 Å². The second-order valence-corrected chi connectivity index (χ2v) is 11.7. The van der Waals surface area contributed by atoms with Crippen LogP contribution in [0.4, 0.5) is 0 Å². The van der Waals surface area contributed by atoms with Crippen LogP contribution >= 0.6 is 0 Å². The molecule has 32 heavy (non-hydrogen) atoms. The van der Waals surface area contributed by atoms with E-state index in [9.17, 15) is 0 Å². The average molecular weight is 435 g/mol. The van der Waals surface area contributed by atoms with E-state index in [1.807, 2.05) is 0 Å². The van der Waals surface area contributed by atoms with Gasteiger partial charge >= 0.3 is 0 Å². The zero-order valence-corrected chi connectivity index (χ0v) is 21.2. The fraction of sp³-hybridized carbons (Fsp3) is 0.750. The Kier molecular flexibility index (Phi) is 9.36. The summed E-state index contributed by atoms with van der Waals surface area (Å²) in [5.74, 6) is 5.36. The van der Waals surface area contributed by atoms with Gasteiger partial charge in [-0.15, -0.1) is 0 Å². The van der Waals surface area contributed by atoms with Crippen molar-refractivity contribution < 1.29 is 0 Å². The minimum absolute atomic E-state index is 0.658. The standard InChI is InChI=1S/C32H50/c1-3-5-6-8-26-11-15-28(16-12-26)30-19-23-32(24-20-30)31-21-17-29(18-22-31)27-13-9-25(7-4-2)10-14-27/h17-19,21-23,25-28,30,32H,3-16,20,24H2,1-2H3. The molecular weight excluding hydrogens is 384 g/mol. The van der Waals surface area contributed by atoms with E-state index >= 15 is 0 Å².